The minimum Gasteiger partial charge on any atom is -0.253 e. The molecule has 3 nitrogen and oxygen atoms in total. The normalized spacial score (nSPS) is 12.0. The summed E-state index contributed by atoms with van der Waals surface area (Å²) in [5, 5.41) is 7.12. The summed E-state index contributed by atoms with van der Waals surface area (Å²) in [5.41, 5.74) is 2.47. The van der Waals surface area contributed by atoms with Gasteiger partial charge >= 0.3 is 0 Å². The third-order valence-corrected chi connectivity index (χ3v) is 4.42. The van der Waals surface area contributed by atoms with Crippen LogP contribution in [-0.4, -0.2) is 17.4 Å². The van der Waals surface area contributed by atoms with E-state index in [1.54, 1.807) is 29.1 Å². The molecule has 0 amide bonds. The molecule has 0 aliphatic carbocycles. The van der Waals surface area contributed by atoms with Gasteiger partial charge in [-0.3, -0.25) is 4.99 Å². The topological polar surface area (TPSA) is 29.6 Å². The van der Waals surface area contributed by atoms with E-state index in [9.17, 15) is 4.39 Å². The van der Waals surface area contributed by atoms with Crippen molar-refractivity contribution < 1.29 is 4.39 Å². The van der Waals surface area contributed by atoms with Crippen molar-refractivity contribution in [3.8, 4) is 11.3 Å². The van der Waals surface area contributed by atoms with Crippen LogP contribution in [0.25, 0.3) is 11.3 Å². The maximum Gasteiger partial charge on any atom is 0.206 e. The fraction of sp³-hybridized carbons (Fsp3) is 0.0526. The van der Waals surface area contributed by atoms with Gasteiger partial charge in [-0.25, -0.2) is 9.07 Å². The fourth-order valence-corrected chi connectivity index (χ4v) is 3.26. The fourth-order valence-electron chi connectivity index (χ4n) is 2.22. The van der Waals surface area contributed by atoms with Crippen LogP contribution in [0.4, 0.5) is 4.39 Å². The van der Waals surface area contributed by atoms with Gasteiger partial charge in [0, 0.05) is 16.0 Å². The molecule has 0 spiro atoms. The molecule has 0 bridgehead atoms. The van der Waals surface area contributed by atoms with E-state index in [1.807, 2.05) is 29.6 Å². The average Bonchev–Trinajstić information content (AvgIpc) is 3.01. The minimum absolute atomic E-state index is 0.300. The molecule has 0 aliphatic rings. The second kappa shape index (κ2) is 8.05. The largest absolute Gasteiger partial charge is 0.253 e. The number of aromatic nitrogens is 1. The Labute approximate surface area is 154 Å². The highest BCUT2D eigenvalue weighted by molar-refractivity contribution is 7.07. The summed E-state index contributed by atoms with van der Waals surface area (Å²) in [6, 6.07) is 13.8. The zero-order chi connectivity index (χ0) is 17.6. The maximum absolute atomic E-state index is 13.4. The zero-order valence-electron chi connectivity index (χ0n) is 13.3. The lowest BCUT2D eigenvalue weighted by Crippen LogP contribution is -2.12. The van der Waals surface area contributed by atoms with E-state index >= 15 is 0 Å². The Kier molecular flexibility index (Phi) is 5.58. The van der Waals surface area contributed by atoms with Gasteiger partial charge in [0.2, 0.25) is 4.80 Å². The van der Waals surface area contributed by atoms with Crippen molar-refractivity contribution in [3.05, 3.63) is 87.8 Å². The van der Waals surface area contributed by atoms with E-state index in [1.165, 1.54) is 23.5 Å². The molecule has 126 valence electrons. The van der Waals surface area contributed by atoms with Crippen molar-refractivity contribution >= 4 is 29.2 Å². The van der Waals surface area contributed by atoms with Gasteiger partial charge in [0.1, 0.15) is 5.82 Å². The lowest BCUT2D eigenvalue weighted by atomic mass is 10.2. The Morgan fingerprint density at radius 2 is 2.04 bits per heavy atom. The summed E-state index contributed by atoms with van der Waals surface area (Å²) in [6.45, 7) is 4.18. The molecule has 0 saturated heterocycles. The van der Waals surface area contributed by atoms with Crippen LogP contribution in [0.3, 0.4) is 0 Å². The minimum atomic E-state index is -0.300. The first-order chi connectivity index (χ1) is 12.2. The van der Waals surface area contributed by atoms with Gasteiger partial charge in [0.05, 0.1) is 18.5 Å². The Hall–Kier alpha value is -2.50. The quantitative estimate of drug-likeness (QED) is 0.447. The second-order valence-electron chi connectivity index (χ2n) is 5.15. The van der Waals surface area contributed by atoms with E-state index in [4.69, 9.17) is 11.6 Å². The van der Waals surface area contributed by atoms with Crippen molar-refractivity contribution in [1.82, 2.24) is 4.68 Å². The third kappa shape index (κ3) is 4.32. The monoisotopic (exact) mass is 371 g/mol. The van der Waals surface area contributed by atoms with E-state index in [2.05, 4.69) is 16.7 Å². The highest BCUT2D eigenvalue weighted by Gasteiger charge is 2.07. The Balaban J connectivity index is 2.08. The highest BCUT2D eigenvalue weighted by atomic mass is 35.5. The lowest BCUT2D eigenvalue weighted by molar-refractivity contribution is 0.627. The Bertz CT molecular complexity index is 988. The lowest BCUT2D eigenvalue weighted by Gasteiger charge is -2.04. The molecular formula is C19H15ClFN3S. The van der Waals surface area contributed by atoms with Crippen LogP contribution in [0.1, 0.15) is 5.56 Å². The van der Waals surface area contributed by atoms with E-state index in [0.29, 0.717) is 17.1 Å². The molecule has 0 fully saturated rings. The molecule has 0 radical (unpaired) electrons. The van der Waals surface area contributed by atoms with Crippen LogP contribution in [0, 0.1) is 5.82 Å². The number of hydrogen-bond donors (Lipinski definition) is 0. The summed E-state index contributed by atoms with van der Waals surface area (Å²) < 4.78 is 15.1. The number of nitrogens with zero attached hydrogens (tertiary/aromatic N) is 3. The third-order valence-electron chi connectivity index (χ3n) is 3.33. The summed E-state index contributed by atoms with van der Waals surface area (Å²) in [4.78, 5) is 5.19. The molecule has 3 rings (SSSR count). The van der Waals surface area contributed by atoms with Crippen molar-refractivity contribution in [1.29, 1.82) is 0 Å². The highest BCUT2D eigenvalue weighted by Crippen LogP contribution is 2.23. The van der Waals surface area contributed by atoms with Gasteiger partial charge in [0.15, 0.2) is 0 Å². The first-order valence-electron chi connectivity index (χ1n) is 7.55. The van der Waals surface area contributed by atoms with Gasteiger partial charge < -0.3 is 0 Å². The van der Waals surface area contributed by atoms with Gasteiger partial charge in [-0.05, 0) is 29.8 Å². The number of benzene rings is 2. The molecule has 0 N–H and O–H groups in total. The summed E-state index contributed by atoms with van der Waals surface area (Å²) in [5.74, 6) is -0.300. The first kappa shape index (κ1) is 17.3. The SMILES string of the molecule is C=CCN=c1scc(-c2cccc(Cl)c2)n1N=Cc1cccc(F)c1. The van der Waals surface area contributed by atoms with Crippen molar-refractivity contribution in [2.24, 2.45) is 10.1 Å². The predicted molar refractivity (Wildman–Crippen MR) is 103 cm³/mol. The van der Waals surface area contributed by atoms with Gasteiger partial charge in [-0.15, -0.1) is 17.9 Å². The van der Waals surface area contributed by atoms with E-state index in [-0.39, 0.29) is 5.82 Å². The van der Waals surface area contributed by atoms with Crippen LogP contribution in [0.2, 0.25) is 5.02 Å². The zero-order valence-corrected chi connectivity index (χ0v) is 14.8. The molecule has 0 aliphatic heterocycles. The molecule has 0 saturated carbocycles. The molecule has 1 aromatic heterocycles. The van der Waals surface area contributed by atoms with Crippen LogP contribution in [0.5, 0.6) is 0 Å². The molecule has 0 unspecified atom stereocenters. The molecule has 3 aromatic rings. The molecule has 0 atom stereocenters. The molecule has 2 aromatic carbocycles. The van der Waals surface area contributed by atoms with Crippen molar-refractivity contribution in [3.63, 3.8) is 0 Å². The van der Waals surface area contributed by atoms with Crippen LogP contribution in [0.15, 0.2) is 76.7 Å². The van der Waals surface area contributed by atoms with E-state index in [0.717, 1.165) is 16.1 Å². The number of hydrogen-bond acceptors (Lipinski definition) is 3. The first-order valence-corrected chi connectivity index (χ1v) is 8.81. The molecule has 6 heteroatoms. The summed E-state index contributed by atoms with van der Waals surface area (Å²) >= 11 is 7.58. The average molecular weight is 372 g/mol. The Morgan fingerprint density at radius 1 is 1.20 bits per heavy atom. The van der Waals surface area contributed by atoms with E-state index < -0.39 is 0 Å². The standard InChI is InChI=1S/C19H15ClFN3S/c1-2-9-22-19-24(23-12-14-5-3-8-17(21)10-14)18(13-25-19)15-6-4-7-16(20)11-15/h2-8,10-13H,1,9H2. The number of thiazole rings is 1. The Morgan fingerprint density at radius 3 is 2.80 bits per heavy atom. The van der Waals surface area contributed by atoms with Crippen LogP contribution in [-0.2, 0) is 0 Å². The van der Waals surface area contributed by atoms with Crippen molar-refractivity contribution in [2.45, 2.75) is 0 Å². The van der Waals surface area contributed by atoms with Crippen LogP contribution >= 0.6 is 22.9 Å². The van der Waals surface area contributed by atoms with Crippen molar-refractivity contribution in [2.75, 3.05) is 6.54 Å². The van der Waals surface area contributed by atoms with Gasteiger partial charge in [-0.1, -0.05) is 41.9 Å². The van der Waals surface area contributed by atoms with Gasteiger partial charge in [0.25, 0.3) is 0 Å². The smallest absolute Gasteiger partial charge is 0.206 e. The maximum atomic E-state index is 13.4. The molecule has 25 heavy (non-hydrogen) atoms. The second-order valence-corrected chi connectivity index (χ2v) is 6.43. The summed E-state index contributed by atoms with van der Waals surface area (Å²) in [6.07, 6.45) is 3.33. The summed E-state index contributed by atoms with van der Waals surface area (Å²) in [7, 11) is 0. The predicted octanol–water partition coefficient (Wildman–Crippen LogP) is 4.98. The van der Waals surface area contributed by atoms with Crippen LogP contribution < -0.4 is 4.80 Å². The van der Waals surface area contributed by atoms with Gasteiger partial charge in [-0.2, -0.15) is 5.10 Å². The number of rotatable bonds is 5. The molecular weight excluding hydrogens is 357 g/mol. The molecule has 1 heterocycles. The number of halogens is 2.